The molecule has 7 heteroatoms. The minimum Gasteiger partial charge on any atom is -0.494 e. The molecule has 3 rings (SSSR count). The lowest BCUT2D eigenvalue weighted by Gasteiger charge is -2.16. The maximum absolute atomic E-state index is 13.4. The highest BCUT2D eigenvalue weighted by Gasteiger charge is 2.26. The molecule has 2 heterocycles. The van der Waals surface area contributed by atoms with Crippen LogP contribution < -0.4 is 10.3 Å². The minimum atomic E-state index is -1.14. The van der Waals surface area contributed by atoms with Gasteiger partial charge in [0.05, 0.1) is 13.7 Å². The van der Waals surface area contributed by atoms with Gasteiger partial charge in [-0.2, -0.15) is 0 Å². The molecule has 29 heavy (non-hydrogen) atoms. The van der Waals surface area contributed by atoms with E-state index in [-0.39, 0.29) is 33.9 Å². The number of ether oxygens (including phenoxy) is 1. The summed E-state index contributed by atoms with van der Waals surface area (Å²) >= 11 is 1.05. The Bertz CT molecular complexity index is 1130. The third-order valence-corrected chi connectivity index (χ3v) is 6.26. The second-order valence-corrected chi connectivity index (χ2v) is 7.85. The van der Waals surface area contributed by atoms with Gasteiger partial charge in [0.1, 0.15) is 5.39 Å². The van der Waals surface area contributed by atoms with E-state index in [1.807, 2.05) is 13.0 Å². The van der Waals surface area contributed by atoms with E-state index in [0.717, 1.165) is 35.4 Å². The second kappa shape index (κ2) is 8.61. The molecule has 1 N–H and O–H groups in total. The van der Waals surface area contributed by atoms with Gasteiger partial charge in [-0.25, -0.2) is 4.79 Å². The van der Waals surface area contributed by atoms with Crippen molar-refractivity contribution < 1.29 is 19.4 Å². The van der Waals surface area contributed by atoms with Gasteiger partial charge < -0.3 is 14.4 Å². The lowest BCUT2D eigenvalue weighted by atomic mass is 10.1. The van der Waals surface area contributed by atoms with E-state index < -0.39 is 5.97 Å². The number of carboxylic acids is 1. The van der Waals surface area contributed by atoms with Gasteiger partial charge >= 0.3 is 5.97 Å². The first-order valence-corrected chi connectivity index (χ1v) is 10.3. The van der Waals surface area contributed by atoms with E-state index in [2.05, 4.69) is 6.92 Å². The van der Waals surface area contributed by atoms with Crippen molar-refractivity contribution in [2.75, 3.05) is 7.11 Å². The van der Waals surface area contributed by atoms with Crippen LogP contribution in [0.3, 0.4) is 0 Å². The Labute approximate surface area is 172 Å². The molecule has 0 spiro atoms. The van der Waals surface area contributed by atoms with Gasteiger partial charge in [0, 0.05) is 16.0 Å². The number of thiophene rings is 1. The zero-order valence-corrected chi connectivity index (χ0v) is 17.5. The maximum Gasteiger partial charge on any atom is 0.349 e. The van der Waals surface area contributed by atoms with Gasteiger partial charge in [-0.3, -0.25) is 9.59 Å². The predicted molar refractivity (Wildman–Crippen MR) is 114 cm³/mol. The number of fused-ring (bicyclic) bond motifs is 1. The number of ketones is 1. The van der Waals surface area contributed by atoms with Crippen LogP contribution >= 0.6 is 11.3 Å². The molecule has 2 aromatic heterocycles. The molecule has 0 unspecified atom stereocenters. The lowest BCUT2D eigenvalue weighted by Crippen LogP contribution is -2.28. The number of methoxy groups -OCH3 is 1. The monoisotopic (exact) mass is 413 g/mol. The number of aromatic carboxylic acids is 1. The van der Waals surface area contributed by atoms with E-state index in [1.165, 1.54) is 11.7 Å². The van der Waals surface area contributed by atoms with Crippen molar-refractivity contribution in [2.24, 2.45) is 0 Å². The quantitative estimate of drug-likeness (QED) is 0.557. The third kappa shape index (κ3) is 3.82. The molecule has 0 fully saturated rings. The first-order chi connectivity index (χ1) is 13.9. The van der Waals surface area contributed by atoms with Crippen LogP contribution in [0, 0.1) is 6.92 Å². The maximum atomic E-state index is 13.4. The summed E-state index contributed by atoms with van der Waals surface area (Å²) in [5.74, 6) is -1.24. The van der Waals surface area contributed by atoms with Crippen molar-refractivity contribution in [3.05, 3.63) is 62.4 Å². The number of carbonyl (C=O) groups excluding carboxylic acids is 1. The van der Waals surface area contributed by atoms with Crippen LogP contribution in [0.4, 0.5) is 0 Å². The molecule has 152 valence electrons. The molecular weight excluding hydrogens is 390 g/mol. The first kappa shape index (κ1) is 20.8. The fourth-order valence-electron chi connectivity index (χ4n) is 3.49. The standard InChI is InChI=1S/C22H23NO5S/c1-4-5-11-15-13(2)19-17(18(28-3)20(29-19)22(26)27)21(25)23(15)12-16(24)14-9-7-6-8-10-14/h6-10H,4-5,11-12H2,1-3H3,(H,26,27). The predicted octanol–water partition coefficient (Wildman–Crippen LogP) is 4.30. The van der Waals surface area contributed by atoms with Crippen LogP contribution in [-0.4, -0.2) is 28.5 Å². The highest BCUT2D eigenvalue weighted by molar-refractivity contribution is 7.21. The Balaban J connectivity index is 2.26. The van der Waals surface area contributed by atoms with Crippen LogP contribution in [-0.2, 0) is 13.0 Å². The summed E-state index contributed by atoms with van der Waals surface area (Å²) in [6.07, 6.45) is 2.43. The van der Waals surface area contributed by atoms with Crippen molar-refractivity contribution in [1.29, 1.82) is 0 Å². The lowest BCUT2D eigenvalue weighted by molar-refractivity contribution is 0.0699. The smallest absolute Gasteiger partial charge is 0.349 e. The number of carbonyl (C=O) groups is 2. The van der Waals surface area contributed by atoms with Gasteiger partial charge in [0.15, 0.2) is 16.4 Å². The van der Waals surface area contributed by atoms with E-state index in [4.69, 9.17) is 4.74 Å². The van der Waals surface area contributed by atoms with E-state index in [1.54, 1.807) is 24.3 Å². The largest absolute Gasteiger partial charge is 0.494 e. The number of aromatic nitrogens is 1. The number of carboxylic acid groups (broad SMARTS) is 1. The Morgan fingerprint density at radius 2 is 1.90 bits per heavy atom. The molecule has 6 nitrogen and oxygen atoms in total. The average molecular weight is 413 g/mol. The molecule has 0 radical (unpaired) electrons. The highest BCUT2D eigenvalue weighted by Crippen LogP contribution is 2.38. The van der Waals surface area contributed by atoms with Crippen LogP contribution in [0.1, 0.15) is 51.1 Å². The third-order valence-electron chi connectivity index (χ3n) is 4.99. The summed E-state index contributed by atoms with van der Waals surface area (Å²) in [5.41, 5.74) is 1.74. The van der Waals surface area contributed by atoms with E-state index in [0.29, 0.717) is 16.7 Å². The van der Waals surface area contributed by atoms with Crippen molar-refractivity contribution in [3.8, 4) is 5.75 Å². The van der Waals surface area contributed by atoms with Crippen LogP contribution in [0.25, 0.3) is 10.1 Å². The summed E-state index contributed by atoms with van der Waals surface area (Å²) in [7, 11) is 1.35. The number of benzene rings is 1. The van der Waals surface area contributed by atoms with Crippen LogP contribution in [0.5, 0.6) is 5.75 Å². The molecule has 0 aliphatic carbocycles. The second-order valence-electron chi connectivity index (χ2n) is 6.83. The van der Waals surface area contributed by atoms with Crippen molar-refractivity contribution in [3.63, 3.8) is 0 Å². The SMILES string of the molecule is CCCCc1c(C)c2sc(C(=O)O)c(OC)c2c(=O)n1CC(=O)c1ccccc1. The number of hydrogen-bond acceptors (Lipinski definition) is 5. The van der Waals surface area contributed by atoms with Crippen molar-refractivity contribution in [1.82, 2.24) is 4.57 Å². The first-order valence-electron chi connectivity index (χ1n) is 9.44. The Morgan fingerprint density at radius 3 is 2.48 bits per heavy atom. The molecule has 1 aromatic carbocycles. The van der Waals surface area contributed by atoms with Crippen molar-refractivity contribution in [2.45, 2.75) is 39.7 Å². The number of rotatable bonds is 8. The number of pyridine rings is 1. The number of nitrogens with zero attached hydrogens (tertiary/aromatic N) is 1. The topological polar surface area (TPSA) is 85.6 Å². The fourth-order valence-corrected chi connectivity index (χ4v) is 4.62. The van der Waals surface area contributed by atoms with Gasteiger partial charge in [-0.05, 0) is 25.3 Å². The number of Topliss-reactive ketones (excluding diaryl/α,β-unsaturated/α-hetero) is 1. The summed E-state index contributed by atoms with van der Waals surface area (Å²) in [5, 5.41) is 9.75. The molecule has 0 bridgehead atoms. The normalized spacial score (nSPS) is 11.0. The van der Waals surface area contributed by atoms with E-state index in [9.17, 15) is 19.5 Å². The highest BCUT2D eigenvalue weighted by atomic mass is 32.1. The minimum absolute atomic E-state index is 0.00345. The number of hydrogen-bond donors (Lipinski definition) is 1. The molecule has 0 aliphatic heterocycles. The number of unbranched alkanes of at least 4 members (excludes halogenated alkanes) is 1. The summed E-state index contributed by atoms with van der Waals surface area (Å²) in [4.78, 5) is 37.9. The van der Waals surface area contributed by atoms with Gasteiger partial charge in [0.2, 0.25) is 0 Å². The van der Waals surface area contributed by atoms with Crippen LogP contribution in [0.2, 0.25) is 0 Å². The molecule has 0 amide bonds. The van der Waals surface area contributed by atoms with Gasteiger partial charge in [-0.1, -0.05) is 43.7 Å². The summed E-state index contributed by atoms with van der Waals surface area (Å²) < 4.78 is 7.39. The molecule has 0 aliphatic rings. The van der Waals surface area contributed by atoms with Gasteiger partial charge in [0.25, 0.3) is 5.56 Å². The van der Waals surface area contributed by atoms with Crippen LogP contribution in [0.15, 0.2) is 35.1 Å². The van der Waals surface area contributed by atoms with Crippen molar-refractivity contribution >= 4 is 33.2 Å². The van der Waals surface area contributed by atoms with Gasteiger partial charge in [-0.15, -0.1) is 11.3 Å². The summed E-state index contributed by atoms with van der Waals surface area (Å²) in [6.45, 7) is 3.83. The molecular formula is C22H23NO5S. The molecule has 0 atom stereocenters. The molecule has 3 aromatic rings. The fraction of sp³-hybridized carbons (Fsp3) is 0.318. The molecule has 0 saturated carbocycles. The zero-order chi connectivity index (χ0) is 21.1. The Morgan fingerprint density at radius 1 is 1.21 bits per heavy atom. The Hall–Kier alpha value is -2.93. The Kier molecular flexibility index (Phi) is 6.17. The summed E-state index contributed by atoms with van der Waals surface area (Å²) in [6, 6.07) is 8.83. The molecule has 0 saturated heterocycles. The zero-order valence-electron chi connectivity index (χ0n) is 16.7. The van der Waals surface area contributed by atoms with E-state index >= 15 is 0 Å². The number of aryl methyl sites for hydroxylation is 1. The average Bonchev–Trinajstić information content (AvgIpc) is 3.12.